The molecule has 2 atom stereocenters. The van der Waals surface area contributed by atoms with E-state index in [1.54, 1.807) is 0 Å². The topological polar surface area (TPSA) is 141 Å². The van der Waals surface area contributed by atoms with Crippen LogP contribution in [-0.4, -0.2) is 45.2 Å². The van der Waals surface area contributed by atoms with E-state index in [9.17, 15) is 19.2 Å². The summed E-state index contributed by atoms with van der Waals surface area (Å²) in [7, 11) is 0. The van der Waals surface area contributed by atoms with Crippen molar-refractivity contribution >= 4 is 23.8 Å². The highest BCUT2D eigenvalue weighted by Crippen LogP contribution is 2.04. The summed E-state index contributed by atoms with van der Waals surface area (Å²) in [5.74, 6) is -5.36. The van der Waals surface area contributed by atoms with Gasteiger partial charge in [0.2, 0.25) is 5.91 Å². The average Bonchev–Trinajstić information content (AvgIpc) is 2.23. The van der Waals surface area contributed by atoms with Gasteiger partial charge in [-0.15, -0.1) is 0 Å². The standard InChI is InChI=1S/C10H15NO7/c1-5(9(15)16)4-7(12)11-6(10(17)18)2-3-8(13)14/h5-6H,2-4H2,1H3,(H,11,12)(H,13,14)(H,15,16)(H,17,18)/t5-,6+/m0/s1. The van der Waals surface area contributed by atoms with Gasteiger partial charge in [-0.3, -0.25) is 14.4 Å². The maximum absolute atomic E-state index is 11.3. The van der Waals surface area contributed by atoms with Crippen LogP contribution in [0.3, 0.4) is 0 Å². The molecule has 0 fully saturated rings. The van der Waals surface area contributed by atoms with Gasteiger partial charge in [-0.25, -0.2) is 4.79 Å². The number of carbonyl (C=O) groups is 4. The molecule has 1 amide bonds. The molecule has 0 spiro atoms. The van der Waals surface area contributed by atoms with E-state index >= 15 is 0 Å². The van der Waals surface area contributed by atoms with Gasteiger partial charge in [0.05, 0.1) is 5.92 Å². The summed E-state index contributed by atoms with van der Waals surface area (Å²) in [5, 5.41) is 27.8. The highest BCUT2D eigenvalue weighted by molar-refractivity contribution is 5.86. The largest absolute Gasteiger partial charge is 0.481 e. The molecular formula is C10H15NO7. The van der Waals surface area contributed by atoms with E-state index in [0.29, 0.717) is 0 Å². The van der Waals surface area contributed by atoms with Gasteiger partial charge < -0.3 is 20.6 Å². The van der Waals surface area contributed by atoms with E-state index in [4.69, 9.17) is 15.3 Å². The molecule has 102 valence electrons. The highest BCUT2D eigenvalue weighted by atomic mass is 16.4. The lowest BCUT2D eigenvalue weighted by Gasteiger charge is -2.14. The Hall–Kier alpha value is -2.12. The molecule has 0 aliphatic rings. The molecule has 0 saturated heterocycles. The van der Waals surface area contributed by atoms with Gasteiger partial charge in [0.15, 0.2) is 0 Å². The Morgan fingerprint density at radius 2 is 1.61 bits per heavy atom. The van der Waals surface area contributed by atoms with E-state index in [0.717, 1.165) is 0 Å². The first-order chi connectivity index (χ1) is 8.23. The first-order valence-corrected chi connectivity index (χ1v) is 5.20. The molecule has 0 aromatic rings. The number of carboxylic acid groups (broad SMARTS) is 3. The Morgan fingerprint density at radius 3 is 2.00 bits per heavy atom. The lowest BCUT2D eigenvalue weighted by molar-refractivity contribution is -0.144. The molecule has 8 heteroatoms. The molecule has 0 rings (SSSR count). The SMILES string of the molecule is C[C@@H](CC(=O)N[C@H](CCC(=O)O)C(=O)O)C(=O)O. The van der Waals surface area contributed by atoms with Gasteiger partial charge >= 0.3 is 17.9 Å². The Morgan fingerprint density at radius 1 is 1.06 bits per heavy atom. The van der Waals surface area contributed by atoms with Crippen molar-refractivity contribution in [2.75, 3.05) is 0 Å². The van der Waals surface area contributed by atoms with Gasteiger partial charge in [-0.05, 0) is 6.42 Å². The zero-order valence-corrected chi connectivity index (χ0v) is 9.75. The summed E-state index contributed by atoms with van der Waals surface area (Å²) in [6, 6.07) is -1.32. The number of nitrogens with one attached hydrogen (secondary N) is 1. The number of aliphatic carboxylic acids is 3. The van der Waals surface area contributed by atoms with Crippen LogP contribution in [0.4, 0.5) is 0 Å². The van der Waals surface area contributed by atoms with E-state index in [1.807, 2.05) is 0 Å². The van der Waals surface area contributed by atoms with Gasteiger partial charge in [0, 0.05) is 12.8 Å². The van der Waals surface area contributed by atoms with Crippen molar-refractivity contribution in [2.45, 2.75) is 32.2 Å². The lowest BCUT2D eigenvalue weighted by Crippen LogP contribution is -2.42. The van der Waals surface area contributed by atoms with Crippen LogP contribution in [0.2, 0.25) is 0 Å². The van der Waals surface area contributed by atoms with Crippen LogP contribution in [0, 0.1) is 5.92 Å². The maximum Gasteiger partial charge on any atom is 0.326 e. The fourth-order valence-corrected chi connectivity index (χ4v) is 1.14. The van der Waals surface area contributed by atoms with Crippen LogP contribution in [-0.2, 0) is 19.2 Å². The number of amides is 1. The van der Waals surface area contributed by atoms with Crippen molar-refractivity contribution in [3.63, 3.8) is 0 Å². The second-order valence-corrected chi connectivity index (χ2v) is 3.83. The summed E-state index contributed by atoms with van der Waals surface area (Å²) < 4.78 is 0. The third-order valence-corrected chi connectivity index (χ3v) is 2.19. The molecule has 8 nitrogen and oxygen atoms in total. The molecule has 0 aromatic carbocycles. The third-order valence-electron chi connectivity index (χ3n) is 2.19. The number of hydrogen-bond donors (Lipinski definition) is 4. The Balaban J connectivity index is 4.32. The smallest absolute Gasteiger partial charge is 0.326 e. The summed E-state index contributed by atoms with van der Waals surface area (Å²) in [6.07, 6.45) is -1.00. The van der Waals surface area contributed by atoms with Crippen LogP contribution in [0.1, 0.15) is 26.2 Å². The van der Waals surface area contributed by atoms with E-state index < -0.39 is 42.2 Å². The van der Waals surface area contributed by atoms with Crippen LogP contribution >= 0.6 is 0 Å². The molecule has 0 bridgehead atoms. The van der Waals surface area contributed by atoms with Crippen molar-refractivity contribution in [3.8, 4) is 0 Å². The zero-order valence-electron chi connectivity index (χ0n) is 9.75. The van der Waals surface area contributed by atoms with E-state index in [-0.39, 0.29) is 12.8 Å². The fraction of sp³-hybridized carbons (Fsp3) is 0.600. The Kier molecular flexibility index (Phi) is 6.40. The predicted octanol–water partition coefficient (Wildman–Crippen LogP) is -0.469. The normalized spacial score (nSPS) is 13.4. The van der Waals surface area contributed by atoms with Crippen LogP contribution in [0.15, 0.2) is 0 Å². The minimum Gasteiger partial charge on any atom is -0.481 e. The molecule has 0 unspecified atom stereocenters. The third kappa shape index (κ3) is 6.46. The van der Waals surface area contributed by atoms with Crippen molar-refractivity contribution in [2.24, 2.45) is 5.92 Å². The fourth-order valence-electron chi connectivity index (χ4n) is 1.14. The zero-order chi connectivity index (χ0) is 14.3. The van der Waals surface area contributed by atoms with E-state index in [1.165, 1.54) is 6.92 Å². The van der Waals surface area contributed by atoms with E-state index in [2.05, 4.69) is 5.32 Å². The van der Waals surface area contributed by atoms with Crippen molar-refractivity contribution < 1.29 is 34.5 Å². The second-order valence-electron chi connectivity index (χ2n) is 3.83. The van der Waals surface area contributed by atoms with Crippen LogP contribution in [0.5, 0.6) is 0 Å². The molecule has 0 heterocycles. The molecule has 0 aromatic heterocycles. The predicted molar refractivity (Wildman–Crippen MR) is 57.9 cm³/mol. The van der Waals surface area contributed by atoms with Gasteiger partial charge in [0.1, 0.15) is 6.04 Å². The maximum atomic E-state index is 11.3. The Labute approximate surface area is 103 Å². The lowest BCUT2D eigenvalue weighted by atomic mass is 10.1. The van der Waals surface area contributed by atoms with Gasteiger partial charge in [-0.1, -0.05) is 6.92 Å². The van der Waals surface area contributed by atoms with Crippen LogP contribution < -0.4 is 5.32 Å². The number of rotatable bonds is 8. The molecule has 0 radical (unpaired) electrons. The number of carboxylic acids is 3. The molecule has 0 saturated carbocycles. The van der Waals surface area contributed by atoms with Crippen molar-refractivity contribution in [1.29, 1.82) is 0 Å². The minimum absolute atomic E-state index is 0.252. The monoisotopic (exact) mass is 261 g/mol. The molecular weight excluding hydrogens is 246 g/mol. The Bertz CT molecular complexity index is 352. The number of hydrogen-bond acceptors (Lipinski definition) is 4. The molecule has 4 N–H and O–H groups in total. The quantitative estimate of drug-likeness (QED) is 0.462. The highest BCUT2D eigenvalue weighted by Gasteiger charge is 2.23. The van der Waals surface area contributed by atoms with Gasteiger partial charge in [-0.2, -0.15) is 0 Å². The summed E-state index contributed by atoms with van der Waals surface area (Å²) >= 11 is 0. The van der Waals surface area contributed by atoms with Crippen molar-refractivity contribution in [3.05, 3.63) is 0 Å². The summed E-state index contributed by atoms with van der Waals surface area (Å²) in [5.41, 5.74) is 0. The minimum atomic E-state index is -1.35. The van der Waals surface area contributed by atoms with Crippen LogP contribution in [0.25, 0.3) is 0 Å². The van der Waals surface area contributed by atoms with Crippen molar-refractivity contribution in [1.82, 2.24) is 5.32 Å². The first-order valence-electron chi connectivity index (χ1n) is 5.20. The molecule has 0 aliphatic carbocycles. The first kappa shape index (κ1) is 15.9. The summed E-state index contributed by atoms with van der Waals surface area (Å²) in [6.45, 7) is 1.31. The average molecular weight is 261 g/mol. The summed E-state index contributed by atoms with van der Waals surface area (Å²) in [4.78, 5) is 42.9. The molecule has 0 aliphatic heterocycles. The number of carbonyl (C=O) groups excluding carboxylic acids is 1. The van der Waals surface area contributed by atoms with Gasteiger partial charge in [0.25, 0.3) is 0 Å². The molecule has 18 heavy (non-hydrogen) atoms. The second kappa shape index (κ2) is 7.25.